The zero-order chi connectivity index (χ0) is 18.0. The van der Waals surface area contributed by atoms with Crippen LogP contribution in [0.3, 0.4) is 0 Å². The number of ether oxygens (including phenoxy) is 1. The number of aryl methyl sites for hydroxylation is 1. The molecular weight excluding hydrogens is 336 g/mol. The number of methoxy groups -OCH3 is 1. The van der Waals surface area contributed by atoms with Crippen molar-refractivity contribution >= 4 is 28.2 Å². The van der Waals surface area contributed by atoms with Gasteiger partial charge >= 0.3 is 0 Å². The Kier molecular flexibility index (Phi) is 5.49. The number of carbonyl (C=O) groups is 2. The Bertz CT molecular complexity index is 645. The van der Waals surface area contributed by atoms with E-state index in [0.717, 1.165) is 60.5 Å². The average molecular weight is 365 g/mol. The summed E-state index contributed by atoms with van der Waals surface area (Å²) in [6.07, 6.45) is 5.96. The zero-order valence-corrected chi connectivity index (χ0v) is 16.2. The summed E-state index contributed by atoms with van der Waals surface area (Å²) in [5.41, 5.74) is 0.754. The molecule has 2 amide bonds. The summed E-state index contributed by atoms with van der Waals surface area (Å²) in [7, 11) is 1.71. The monoisotopic (exact) mass is 364 g/mol. The summed E-state index contributed by atoms with van der Waals surface area (Å²) >= 11 is 1.40. The standard InChI is InChI=1S/C19H28N2O3S/c1-4-8-19(12-24-3)9-5-10-21(19)18(23)16-13(2)11-15(25-16)20-17(22)14-6-7-14/h11,14H,4-10,12H2,1-3H3,(H,20,22). The topological polar surface area (TPSA) is 58.6 Å². The molecule has 0 aromatic carbocycles. The van der Waals surface area contributed by atoms with E-state index < -0.39 is 0 Å². The normalized spacial score (nSPS) is 23.1. The second-order valence-electron chi connectivity index (χ2n) is 7.35. The average Bonchev–Trinajstić information content (AvgIpc) is 3.26. The lowest BCUT2D eigenvalue weighted by molar-refractivity contribution is -0.117. The Morgan fingerprint density at radius 1 is 1.44 bits per heavy atom. The number of rotatable bonds is 7. The first-order chi connectivity index (χ1) is 12.0. The van der Waals surface area contributed by atoms with Crippen molar-refractivity contribution in [3.05, 3.63) is 16.5 Å². The quantitative estimate of drug-likeness (QED) is 0.800. The van der Waals surface area contributed by atoms with Crippen molar-refractivity contribution in [2.75, 3.05) is 25.6 Å². The molecule has 138 valence electrons. The van der Waals surface area contributed by atoms with Crippen LogP contribution in [-0.4, -0.2) is 42.5 Å². The summed E-state index contributed by atoms with van der Waals surface area (Å²) in [5, 5.41) is 3.75. The summed E-state index contributed by atoms with van der Waals surface area (Å²) in [5.74, 6) is 0.331. The van der Waals surface area contributed by atoms with Crippen LogP contribution in [0, 0.1) is 12.8 Å². The smallest absolute Gasteiger partial charge is 0.264 e. The number of likely N-dealkylation sites (tertiary alicyclic amines) is 1. The highest BCUT2D eigenvalue weighted by atomic mass is 32.1. The Morgan fingerprint density at radius 2 is 2.20 bits per heavy atom. The van der Waals surface area contributed by atoms with Crippen molar-refractivity contribution < 1.29 is 14.3 Å². The molecular formula is C19H28N2O3S. The molecule has 1 N–H and O–H groups in total. The molecule has 1 atom stereocenters. The Morgan fingerprint density at radius 3 is 2.84 bits per heavy atom. The van der Waals surface area contributed by atoms with Crippen LogP contribution in [0.15, 0.2) is 6.07 Å². The summed E-state index contributed by atoms with van der Waals surface area (Å²) < 4.78 is 5.47. The number of hydrogen-bond acceptors (Lipinski definition) is 4. The van der Waals surface area contributed by atoms with Gasteiger partial charge in [0.05, 0.1) is 22.0 Å². The van der Waals surface area contributed by atoms with E-state index in [4.69, 9.17) is 4.74 Å². The first-order valence-electron chi connectivity index (χ1n) is 9.23. The van der Waals surface area contributed by atoms with Gasteiger partial charge in [-0.25, -0.2) is 0 Å². The van der Waals surface area contributed by atoms with E-state index >= 15 is 0 Å². The number of nitrogens with zero attached hydrogens (tertiary/aromatic N) is 1. The van der Waals surface area contributed by atoms with Gasteiger partial charge in [-0.2, -0.15) is 0 Å². The van der Waals surface area contributed by atoms with Crippen LogP contribution < -0.4 is 5.32 Å². The van der Waals surface area contributed by atoms with Gasteiger partial charge in [0.15, 0.2) is 0 Å². The van der Waals surface area contributed by atoms with Crippen LogP contribution >= 0.6 is 11.3 Å². The van der Waals surface area contributed by atoms with Crippen molar-refractivity contribution in [2.45, 2.75) is 57.9 Å². The van der Waals surface area contributed by atoms with Gasteiger partial charge in [-0.15, -0.1) is 11.3 Å². The molecule has 0 spiro atoms. The van der Waals surface area contributed by atoms with E-state index in [-0.39, 0.29) is 23.3 Å². The van der Waals surface area contributed by atoms with Crippen LogP contribution in [0.2, 0.25) is 0 Å². The lowest BCUT2D eigenvalue weighted by atomic mass is 9.91. The van der Waals surface area contributed by atoms with Crippen LogP contribution in [-0.2, 0) is 9.53 Å². The fourth-order valence-corrected chi connectivity index (χ4v) is 4.94. The van der Waals surface area contributed by atoms with Crippen molar-refractivity contribution in [2.24, 2.45) is 5.92 Å². The maximum Gasteiger partial charge on any atom is 0.264 e. The molecule has 1 aromatic heterocycles. The van der Waals surface area contributed by atoms with Gasteiger partial charge in [-0.05, 0) is 50.7 Å². The molecule has 1 saturated heterocycles. The molecule has 0 bridgehead atoms. The maximum absolute atomic E-state index is 13.2. The van der Waals surface area contributed by atoms with E-state index in [9.17, 15) is 9.59 Å². The van der Waals surface area contributed by atoms with Crippen LogP contribution in [0.25, 0.3) is 0 Å². The highest BCUT2D eigenvalue weighted by molar-refractivity contribution is 7.18. The first kappa shape index (κ1) is 18.4. The Hall–Kier alpha value is -1.40. The van der Waals surface area contributed by atoms with Crippen molar-refractivity contribution in [1.29, 1.82) is 0 Å². The molecule has 5 nitrogen and oxygen atoms in total. The van der Waals surface area contributed by atoms with Gasteiger partial charge in [0.25, 0.3) is 5.91 Å². The molecule has 1 aliphatic carbocycles. The fourth-order valence-electron chi connectivity index (χ4n) is 3.92. The number of nitrogens with one attached hydrogen (secondary N) is 1. The first-order valence-corrected chi connectivity index (χ1v) is 10.0. The second-order valence-corrected chi connectivity index (χ2v) is 8.41. The largest absolute Gasteiger partial charge is 0.382 e. The third-order valence-electron chi connectivity index (χ3n) is 5.28. The van der Waals surface area contributed by atoms with Crippen molar-refractivity contribution in [1.82, 2.24) is 4.90 Å². The van der Waals surface area contributed by atoms with Crippen LogP contribution in [0.4, 0.5) is 5.00 Å². The predicted octanol–water partition coefficient (Wildman–Crippen LogP) is 3.83. The van der Waals surface area contributed by atoms with Gasteiger partial charge in [-0.3, -0.25) is 9.59 Å². The lowest BCUT2D eigenvalue weighted by Gasteiger charge is -2.38. The fraction of sp³-hybridized carbons (Fsp3) is 0.684. The lowest BCUT2D eigenvalue weighted by Crippen LogP contribution is -2.50. The van der Waals surface area contributed by atoms with Gasteiger partial charge in [0.2, 0.25) is 5.91 Å². The van der Waals surface area contributed by atoms with Gasteiger partial charge in [0.1, 0.15) is 0 Å². The number of carbonyl (C=O) groups excluding carboxylic acids is 2. The highest BCUT2D eigenvalue weighted by Crippen LogP contribution is 2.38. The molecule has 6 heteroatoms. The maximum atomic E-state index is 13.2. The molecule has 2 fully saturated rings. The minimum atomic E-state index is -0.186. The van der Waals surface area contributed by atoms with Gasteiger partial charge < -0.3 is 15.0 Å². The molecule has 25 heavy (non-hydrogen) atoms. The van der Waals surface area contributed by atoms with E-state index in [2.05, 4.69) is 12.2 Å². The van der Waals surface area contributed by atoms with E-state index in [0.29, 0.717) is 6.61 Å². The molecule has 3 rings (SSSR count). The Balaban J connectivity index is 1.79. The Labute approximate surface area is 153 Å². The molecule has 1 aromatic rings. The summed E-state index contributed by atoms with van der Waals surface area (Å²) in [6, 6.07) is 1.92. The van der Waals surface area contributed by atoms with Crippen molar-refractivity contribution in [3.8, 4) is 0 Å². The summed E-state index contributed by atoms with van der Waals surface area (Å²) in [6.45, 7) is 5.47. The SMILES string of the molecule is CCCC1(COC)CCCN1C(=O)c1sc(NC(=O)C2CC2)cc1C. The molecule has 1 saturated carbocycles. The minimum absolute atomic E-state index is 0.0809. The molecule has 0 radical (unpaired) electrons. The number of thiophene rings is 1. The third kappa shape index (κ3) is 3.75. The van der Waals surface area contributed by atoms with Gasteiger partial charge in [0, 0.05) is 19.6 Å². The van der Waals surface area contributed by atoms with E-state index in [1.165, 1.54) is 11.3 Å². The number of hydrogen-bond donors (Lipinski definition) is 1. The molecule has 2 heterocycles. The number of amides is 2. The van der Waals surface area contributed by atoms with E-state index in [1.54, 1.807) is 7.11 Å². The molecule has 1 unspecified atom stereocenters. The third-order valence-corrected chi connectivity index (χ3v) is 6.42. The van der Waals surface area contributed by atoms with Gasteiger partial charge in [-0.1, -0.05) is 13.3 Å². The molecule has 2 aliphatic rings. The summed E-state index contributed by atoms with van der Waals surface area (Å²) in [4.78, 5) is 28.0. The van der Waals surface area contributed by atoms with Crippen LogP contribution in [0.5, 0.6) is 0 Å². The number of anilines is 1. The second kappa shape index (κ2) is 7.46. The minimum Gasteiger partial charge on any atom is -0.382 e. The van der Waals surface area contributed by atoms with E-state index in [1.807, 2.05) is 17.9 Å². The highest BCUT2D eigenvalue weighted by Gasteiger charge is 2.43. The van der Waals surface area contributed by atoms with Crippen molar-refractivity contribution in [3.63, 3.8) is 0 Å². The zero-order valence-electron chi connectivity index (χ0n) is 15.4. The molecule has 1 aliphatic heterocycles. The predicted molar refractivity (Wildman–Crippen MR) is 100 cm³/mol. The van der Waals surface area contributed by atoms with Crippen LogP contribution in [0.1, 0.15) is 60.7 Å².